The molecule has 4 heteroatoms. The van der Waals surface area contributed by atoms with Crippen molar-refractivity contribution in [1.29, 1.82) is 0 Å². The van der Waals surface area contributed by atoms with Crippen LogP contribution in [0.25, 0.3) is 0 Å². The van der Waals surface area contributed by atoms with E-state index in [4.69, 9.17) is 11.6 Å². The number of carbonyl (C=O) groups excluding carboxylic acids is 1. The van der Waals surface area contributed by atoms with Crippen LogP contribution in [0.5, 0.6) is 0 Å². The molecule has 1 N–H and O–H groups in total. The van der Waals surface area contributed by atoms with Gasteiger partial charge in [0.25, 0.3) is 0 Å². The normalized spacial score (nSPS) is 20.9. The number of likely N-dealkylation sites (tertiary alicyclic amines) is 1. The predicted molar refractivity (Wildman–Crippen MR) is 99.0 cm³/mol. The molecule has 1 aromatic carbocycles. The van der Waals surface area contributed by atoms with Crippen molar-refractivity contribution in [3.63, 3.8) is 0 Å². The van der Waals surface area contributed by atoms with Crippen LogP contribution in [-0.2, 0) is 11.3 Å². The molecule has 1 saturated heterocycles. The van der Waals surface area contributed by atoms with Crippen molar-refractivity contribution < 1.29 is 4.79 Å². The fourth-order valence-corrected chi connectivity index (χ4v) is 4.28. The van der Waals surface area contributed by atoms with E-state index in [1.165, 1.54) is 38.6 Å². The van der Waals surface area contributed by atoms with E-state index in [-0.39, 0.29) is 11.8 Å². The molecule has 1 aromatic rings. The molecule has 1 heterocycles. The molecule has 0 aromatic heterocycles. The van der Waals surface area contributed by atoms with E-state index in [9.17, 15) is 4.79 Å². The van der Waals surface area contributed by atoms with Gasteiger partial charge < -0.3 is 10.2 Å². The zero-order valence-corrected chi connectivity index (χ0v) is 15.2. The third-order valence-electron chi connectivity index (χ3n) is 5.61. The molecule has 1 amide bonds. The van der Waals surface area contributed by atoms with Crippen molar-refractivity contribution in [3.8, 4) is 0 Å². The van der Waals surface area contributed by atoms with Gasteiger partial charge in [-0.15, -0.1) is 0 Å². The molecule has 3 nitrogen and oxygen atoms in total. The molecular weight excluding hydrogens is 320 g/mol. The Hall–Kier alpha value is -1.06. The predicted octanol–water partition coefficient (Wildman–Crippen LogP) is 4.25. The van der Waals surface area contributed by atoms with Gasteiger partial charge in [-0.1, -0.05) is 49.1 Å². The van der Waals surface area contributed by atoms with Crippen LogP contribution in [0, 0.1) is 11.8 Å². The highest BCUT2D eigenvalue weighted by molar-refractivity contribution is 6.31. The van der Waals surface area contributed by atoms with E-state index in [1.807, 2.05) is 24.3 Å². The number of halogens is 1. The first kappa shape index (κ1) is 17.8. The lowest BCUT2D eigenvalue weighted by Crippen LogP contribution is -2.42. The van der Waals surface area contributed by atoms with Crippen molar-refractivity contribution in [2.45, 2.75) is 51.5 Å². The lowest BCUT2D eigenvalue weighted by atomic mass is 9.88. The lowest BCUT2D eigenvalue weighted by molar-refractivity contribution is -0.126. The second-order valence-corrected chi connectivity index (χ2v) is 7.80. The van der Waals surface area contributed by atoms with Crippen LogP contribution in [0.4, 0.5) is 0 Å². The minimum absolute atomic E-state index is 0.162. The molecule has 0 radical (unpaired) electrons. The molecule has 2 aliphatic rings. The number of nitrogens with zero attached hydrogens (tertiary/aromatic N) is 1. The molecule has 0 bridgehead atoms. The van der Waals surface area contributed by atoms with Crippen LogP contribution in [-0.4, -0.2) is 30.4 Å². The zero-order valence-electron chi connectivity index (χ0n) is 14.5. The van der Waals surface area contributed by atoms with Gasteiger partial charge >= 0.3 is 0 Å². The van der Waals surface area contributed by atoms with Gasteiger partial charge in [-0.3, -0.25) is 4.79 Å². The van der Waals surface area contributed by atoms with Gasteiger partial charge in [-0.05, 0) is 56.3 Å². The van der Waals surface area contributed by atoms with Crippen LogP contribution in [0.1, 0.15) is 50.5 Å². The first-order valence-corrected chi connectivity index (χ1v) is 9.83. The number of carbonyl (C=O) groups is 1. The Morgan fingerprint density at radius 2 is 1.79 bits per heavy atom. The molecule has 1 saturated carbocycles. The van der Waals surface area contributed by atoms with Crippen LogP contribution in [0.3, 0.4) is 0 Å². The number of amides is 1. The van der Waals surface area contributed by atoms with Crippen LogP contribution < -0.4 is 5.32 Å². The van der Waals surface area contributed by atoms with E-state index in [1.54, 1.807) is 0 Å². The molecule has 2 fully saturated rings. The van der Waals surface area contributed by atoms with E-state index in [0.717, 1.165) is 42.4 Å². The van der Waals surface area contributed by atoms with Gasteiger partial charge in [0.1, 0.15) is 0 Å². The highest BCUT2D eigenvalue weighted by atomic mass is 35.5. The fourth-order valence-electron chi connectivity index (χ4n) is 4.08. The lowest BCUT2D eigenvalue weighted by Gasteiger charge is -2.34. The first-order chi connectivity index (χ1) is 11.7. The third-order valence-corrected chi connectivity index (χ3v) is 5.98. The minimum atomic E-state index is 0.162. The average Bonchev–Trinajstić information content (AvgIpc) is 2.62. The Labute approximate surface area is 150 Å². The van der Waals surface area contributed by atoms with Gasteiger partial charge in [-0.2, -0.15) is 0 Å². The quantitative estimate of drug-likeness (QED) is 0.862. The maximum absolute atomic E-state index is 12.4. The molecule has 0 atom stereocenters. The van der Waals surface area contributed by atoms with Crippen molar-refractivity contribution in [1.82, 2.24) is 10.2 Å². The summed E-state index contributed by atoms with van der Waals surface area (Å²) in [5.41, 5.74) is 0.988. The van der Waals surface area contributed by atoms with E-state index < -0.39 is 0 Å². The van der Waals surface area contributed by atoms with Gasteiger partial charge in [0.2, 0.25) is 5.91 Å². The van der Waals surface area contributed by atoms with Crippen LogP contribution >= 0.6 is 11.6 Å². The van der Waals surface area contributed by atoms with Gasteiger partial charge in [0, 0.05) is 24.0 Å². The summed E-state index contributed by atoms with van der Waals surface area (Å²) in [6.07, 6.45) is 9.01. The fraction of sp³-hybridized carbons (Fsp3) is 0.650. The minimum Gasteiger partial charge on any atom is -0.352 e. The molecule has 132 valence electrons. The number of rotatable bonds is 5. The summed E-state index contributed by atoms with van der Waals surface area (Å²) in [4.78, 5) is 15.0. The Morgan fingerprint density at radius 1 is 1.08 bits per heavy atom. The standard InChI is InChI=1S/C20H29ClN2O/c21-19-9-5-4-8-18(19)14-22-20(24)17-10-12-23(13-11-17)15-16-6-2-1-3-7-16/h4-5,8-9,16-17H,1-3,6-7,10-15H2,(H,22,24). The Kier molecular flexibility index (Phi) is 6.56. The summed E-state index contributed by atoms with van der Waals surface area (Å²) < 4.78 is 0. The highest BCUT2D eigenvalue weighted by Gasteiger charge is 2.26. The second kappa shape index (κ2) is 8.87. The number of hydrogen-bond donors (Lipinski definition) is 1. The second-order valence-electron chi connectivity index (χ2n) is 7.39. The van der Waals surface area contributed by atoms with Gasteiger partial charge in [-0.25, -0.2) is 0 Å². The maximum atomic E-state index is 12.4. The first-order valence-electron chi connectivity index (χ1n) is 9.46. The van der Waals surface area contributed by atoms with Gasteiger partial charge in [0.05, 0.1) is 0 Å². The van der Waals surface area contributed by atoms with Crippen LogP contribution in [0.15, 0.2) is 24.3 Å². The summed E-state index contributed by atoms with van der Waals surface area (Å²) in [7, 11) is 0. The number of nitrogens with one attached hydrogen (secondary N) is 1. The summed E-state index contributed by atoms with van der Waals surface area (Å²) in [6, 6.07) is 7.70. The van der Waals surface area contributed by atoms with Crippen LogP contribution in [0.2, 0.25) is 5.02 Å². The molecule has 24 heavy (non-hydrogen) atoms. The van der Waals surface area contributed by atoms with E-state index >= 15 is 0 Å². The van der Waals surface area contributed by atoms with E-state index in [2.05, 4.69) is 10.2 Å². The van der Waals surface area contributed by atoms with Crippen molar-refractivity contribution in [2.75, 3.05) is 19.6 Å². The summed E-state index contributed by atoms with van der Waals surface area (Å²) in [6.45, 7) is 3.91. The monoisotopic (exact) mass is 348 g/mol. The number of piperidine rings is 1. The zero-order chi connectivity index (χ0) is 16.8. The summed E-state index contributed by atoms with van der Waals surface area (Å²) in [5.74, 6) is 1.24. The molecular formula is C20H29ClN2O. The molecule has 3 rings (SSSR count). The smallest absolute Gasteiger partial charge is 0.223 e. The Morgan fingerprint density at radius 3 is 2.50 bits per heavy atom. The maximum Gasteiger partial charge on any atom is 0.223 e. The average molecular weight is 349 g/mol. The molecule has 0 spiro atoms. The summed E-state index contributed by atoms with van der Waals surface area (Å²) >= 11 is 6.15. The highest BCUT2D eigenvalue weighted by Crippen LogP contribution is 2.26. The Bertz CT molecular complexity index is 534. The molecule has 1 aliphatic heterocycles. The number of hydrogen-bond acceptors (Lipinski definition) is 2. The van der Waals surface area contributed by atoms with Crippen molar-refractivity contribution >= 4 is 17.5 Å². The topological polar surface area (TPSA) is 32.3 Å². The van der Waals surface area contributed by atoms with Crippen molar-refractivity contribution in [3.05, 3.63) is 34.9 Å². The summed E-state index contributed by atoms with van der Waals surface area (Å²) in [5, 5.41) is 3.79. The Balaban J connectivity index is 1.39. The van der Waals surface area contributed by atoms with Crippen molar-refractivity contribution in [2.24, 2.45) is 11.8 Å². The largest absolute Gasteiger partial charge is 0.352 e. The van der Waals surface area contributed by atoms with Gasteiger partial charge in [0.15, 0.2) is 0 Å². The van der Waals surface area contributed by atoms with E-state index in [0.29, 0.717) is 6.54 Å². The third kappa shape index (κ3) is 4.97. The molecule has 0 unspecified atom stereocenters. The molecule has 1 aliphatic carbocycles. The SMILES string of the molecule is O=C(NCc1ccccc1Cl)C1CCN(CC2CCCCC2)CC1. The number of benzene rings is 1.